The van der Waals surface area contributed by atoms with E-state index in [1.165, 1.54) is 41.5 Å². The van der Waals surface area contributed by atoms with Gasteiger partial charge in [0.15, 0.2) is 6.10 Å². The number of esters is 4. The van der Waals surface area contributed by atoms with Crippen LogP contribution in [0.4, 0.5) is 0 Å². The minimum Gasteiger partial charge on any atom is -0.462 e. The van der Waals surface area contributed by atoms with Gasteiger partial charge in [-0.15, -0.1) is 0 Å². The Labute approximate surface area is 234 Å². The zero-order valence-electron chi connectivity index (χ0n) is 24.3. The average Bonchev–Trinajstić information content (AvgIpc) is 3.05. The van der Waals surface area contributed by atoms with Crippen LogP contribution in [0.15, 0.2) is 11.6 Å². The van der Waals surface area contributed by atoms with Crippen molar-refractivity contribution in [3.63, 3.8) is 0 Å². The fourth-order valence-corrected chi connectivity index (χ4v) is 8.76. The summed E-state index contributed by atoms with van der Waals surface area (Å²) in [5.74, 6) is -3.43. The number of rotatable bonds is 5. The quantitative estimate of drug-likeness (QED) is 0.253. The van der Waals surface area contributed by atoms with Crippen molar-refractivity contribution in [2.24, 2.45) is 16.7 Å². The monoisotopic (exact) mass is 566 g/mol. The molecule has 0 amide bonds. The summed E-state index contributed by atoms with van der Waals surface area (Å²) in [6, 6.07) is 0. The highest BCUT2D eigenvalue weighted by Crippen LogP contribution is 2.71. The van der Waals surface area contributed by atoms with Gasteiger partial charge in [0.1, 0.15) is 35.1 Å². The van der Waals surface area contributed by atoms with Gasteiger partial charge >= 0.3 is 23.9 Å². The molecule has 0 bridgehead atoms. The molecule has 4 aliphatic carbocycles. The predicted octanol–water partition coefficient (Wildman–Crippen LogP) is 1.88. The molecule has 10 unspecified atom stereocenters. The highest BCUT2D eigenvalue weighted by atomic mass is 16.6. The molecular formula is C29H42O11. The summed E-state index contributed by atoms with van der Waals surface area (Å²) in [5.41, 5.74) is -7.75. The summed E-state index contributed by atoms with van der Waals surface area (Å²) in [7, 11) is 0. The zero-order chi connectivity index (χ0) is 30.1. The molecule has 0 aromatic carbocycles. The minimum atomic E-state index is -2.05. The van der Waals surface area contributed by atoms with E-state index < -0.39 is 75.7 Å². The predicted molar refractivity (Wildman–Crippen MR) is 138 cm³/mol. The van der Waals surface area contributed by atoms with E-state index in [4.69, 9.17) is 18.9 Å². The van der Waals surface area contributed by atoms with Crippen LogP contribution in [0.1, 0.15) is 87.0 Å². The third-order valence-electron chi connectivity index (χ3n) is 10.5. The molecule has 10 atom stereocenters. The second-order valence-electron chi connectivity index (χ2n) is 12.6. The fourth-order valence-electron chi connectivity index (χ4n) is 8.76. The number of ether oxygens (including phenoxy) is 4. The summed E-state index contributed by atoms with van der Waals surface area (Å²) in [6.07, 6.45) is -1.31. The summed E-state index contributed by atoms with van der Waals surface area (Å²) in [6.45, 7) is 9.81. The van der Waals surface area contributed by atoms with Crippen molar-refractivity contribution in [3.05, 3.63) is 11.6 Å². The van der Waals surface area contributed by atoms with Crippen LogP contribution in [-0.4, -0.2) is 80.4 Å². The Morgan fingerprint density at radius 1 is 0.875 bits per heavy atom. The number of carbonyl (C=O) groups excluding carboxylic acids is 4. The molecule has 3 fully saturated rings. The van der Waals surface area contributed by atoms with Crippen molar-refractivity contribution >= 4 is 23.9 Å². The van der Waals surface area contributed by atoms with Gasteiger partial charge in [-0.25, -0.2) is 0 Å². The number of aliphatic hydroxyl groups is 3. The normalized spacial score (nSPS) is 44.6. The van der Waals surface area contributed by atoms with Crippen molar-refractivity contribution in [1.82, 2.24) is 0 Å². The molecule has 0 radical (unpaired) electrons. The maximum atomic E-state index is 12.7. The molecule has 4 rings (SSSR count). The first-order chi connectivity index (χ1) is 18.4. The zero-order valence-corrected chi connectivity index (χ0v) is 24.3. The van der Waals surface area contributed by atoms with Crippen LogP contribution in [0.5, 0.6) is 0 Å². The smallest absolute Gasteiger partial charge is 0.303 e. The molecular weight excluding hydrogens is 524 g/mol. The van der Waals surface area contributed by atoms with E-state index in [1.54, 1.807) is 0 Å². The molecule has 0 aromatic rings. The Morgan fingerprint density at radius 2 is 1.48 bits per heavy atom. The Morgan fingerprint density at radius 3 is 2.02 bits per heavy atom. The molecule has 0 spiro atoms. The third-order valence-corrected chi connectivity index (χ3v) is 10.5. The fraction of sp³-hybridized carbons (Fsp3) is 0.793. The highest BCUT2D eigenvalue weighted by Gasteiger charge is 2.84. The van der Waals surface area contributed by atoms with Crippen molar-refractivity contribution < 1.29 is 53.4 Å². The number of hydrogen-bond acceptors (Lipinski definition) is 11. The molecule has 11 nitrogen and oxygen atoms in total. The van der Waals surface area contributed by atoms with E-state index in [1.807, 2.05) is 13.0 Å². The lowest BCUT2D eigenvalue weighted by Gasteiger charge is -2.69. The second kappa shape index (κ2) is 9.80. The van der Waals surface area contributed by atoms with Crippen molar-refractivity contribution in [2.45, 2.75) is 128 Å². The lowest BCUT2D eigenvalue weighted by Crippen LogP contribution is -2.82. The summed E-state index contributed by atoms with van der Waals surface area (Å²) in [4.78, 5) is 48.7. The van der Waals surface area contributed by atoms with Crippen LogP contribution in [0.2, 0.25) is 0 Å². The van der Waals surface area contributed by atoms with Gasteiger partial charge in [-0.05, 0) is 44.4 Å². The standard InChI is InChI=1S/C29H42O11/c1-15(37-16(2)30)27(34)12-13-29(36)26(27,7)24(40-19(5)33)22(39-18(4)32)23-25(6)10-9-21(38-17(3)31)14-20(25)8-11-28(23,29)35/h8,15,21-24,34-36H,9-14H2,1-7H3. The number of fused-ring (bicyclic) bond motifs is 5. The summed E-state index contributed by atoms with van der Waals surface area (Å²) in [5, 5.41) is 37.6. The van der Waals surface area contributed by atoms with Gasteiger partial charge in [-0.1, -0.05) is 25.5 Å². The molecule has 11 heteroatoms. The lowest BCUT2D eigenvalue weighted by atomic mass is 9.41. The first kappa shape index (κ1) is 30.5. The maximum absolute atomic E-state index is 12.7. The van der Waals surface area contributed by atoms with Gasteiger partial charge in [0.2, 0.25) is 0 Å². The molecule has 40 heavy (non-hydrogen) atoms. The Kier molecular flexibility index (Phi) is 7.46. The first-order valence-electron chi connectivity index (χ1n) is 13.9. The van der Waals surface area contributed by atoms with E-state index in [9.17, 15) is 34.5 Å². The number of hydrogen-bond donors (Lipinski definition) is 3. The lowest BCUT2D eigenvalue weighted by molar-refractivity contribution is -0.352. The molecule has 224 valence electrons. The van der Waals surface area contributed by atoms with E-state index in [0.717, 1.165) is 5.57 Å². The molecule has 0 aliphatic heterocycles. The minimum absolute atomic E-state index is 0.0515. The molecule has 3 N–H and O–H groups in total. The molecule has 0 aromatic heterocycles. The second-order valence-corrected chi connectivity index (χ2v) is 12.6. The van der Waals surface area contributed by atoms with Crippen LogP contribution in [-0.2, 0) is 38.1 Å². The van der Waals surface area contributed by atoms with Gasteiger partial charge in [0, 0.05) is 40.0 Å². The van der Waals surface area contributed by atoms with Gasteiger partial charge < -0.3 is 34.3 Å². The molecule has 3 saturated carbocycles. The van der Waals surface area contributed by atoms with Gasteiger partial charge in [-0.3, -0.25) is 19.2 Å². The highest BCUT2D eigenvalue weighted by molar-refractivity contribution is 5.68. The van der Waals surface area contributed by atoms with Crippen molar-refractivity contribution in [3.8, 4) is 0 Å². The van der Waals surface area contributed by atoms with E-state index in [0.29, 0.717) is 19.3 Å². The van der Waals surface area contributed by atoms with Gasteiger partial charge in [-0.2, -0.15) is 0 Å². The SMILES string of the molecule is CC(=O)OC1CCC2(C)C(=CCC3(O)C2C(OC(C)=O)C(OC(C)=O)C2(C)C(O)(C(C)OC(C)=O)CCC32O)C1. The Bertz CT molecular complexity index is 1130. The summed E-state index contributed by atoms with van der Waals surface area (Å²) >= 11 is 0. The summed E-state index contributed by atoms with van der Waals surface area (Å²) < 4.78 is 22.6. The van der Waals surface area contributed by atoms with Gasteiger partial charge in [0.05, 0.1) is 5.41 Å². The Balaban J connectivity index is 1.95. The van der Waals surface area contributed by atoms with Crippen molar-refractivity contribution in [1.29, 1.82) is 0 Å². The molecule has 4 aliphatic rings. The largest absolute Gasteiger partial charge is 0.462 e. The van der Waals surface area contributed by atoms with Crippen LogP contribution < -0.4 is 0 Å². The van der Waals surface area contributed by atoms with Crippen LogP contribution in [0.3, 0.4) is 0 Å². The maximum Gasteiger partial charge on any atom is 0.303 e. The van der Waals surface area contributed by atoms with Crippen LogP contribution >= 0.6 is 0 Å². The number of carbonyl (C=O) groups is 4. The topological polar surface area (TPSA) is 166 Å². The third kappa shape index (κ3) is 4.10. The Hall–Kier alpha value is -2.50. The van der Waals surface area contributed by atoms with E-state index >= 15 is 0 Å². The van der Waals surface area contributed by atoms with E-state index in [-0.39, 0.29) is 25.4 Å². The first-order valence-corrected chi connectivity index (χ1v) is 13.9. The van der Waals surface area contributed by atoms with Gasteiger partial charge in [0.25, 0.3) is 0 Å². The van der Waals surface area contributed by atoms with Crippen LogP contribution in [0, 0.1) is 16.7 Å². The average molecular weight is 567 g/mol. The molecule has 0 saturated heterocycles. The molecule has 0 heterocycles. The van der Waals surface area contributed by atoms with Crippen LogP contribution in [0.25, 0.3) is 0 Å². The van der Waals surface area contributed by atoms with Crippen molar-refractivity contribution in [2.75, 3.05) is 0 Å². The van der Waals surface area contributed by atoms with E-state index in [2.05, 4.69) is 0 Å².